The molecule has 0 saturated heterocycles. The highest BCUT2D eigenvalue weighted by Crippen LogP contribution is 2.11. The molecule has 5 nitrogen and oxygen atoms in total. The summed E-state index contributed by atoms with van der Waals surface area (Å²) in [6.45, 7) is 8.12. The number of anilines is 1. The third-order valence-corrected chi connectivity index (χ3v) is 2.99. The molecule has 0 radical (unpaired) electrons. The lowest BCUT2D eigenvalue weighted by Gasteiger charge is -2.22. The van der Waals surface area contributed by atoms with E-state index in [-0.39, 0.29) is 24.2 Å². The van der Waals surface area contributed by atoms with E-state index in [1.807, 2.05) is 13.8 Å². The second kappa shape index (κ2) is 6.54. The van der Waals surface area contributed by atoms with Crippen molar-refractivity contribution in [3.63, 3.8) is 0 Å². The van der Waals surface area contributed by atoms with Gasteiger partial charge in [0.05, 0.1) is 0 Å². The van der Waals surface area contributed by atoms with Gasteiger partial charge in [-0.3, -0.25) is 4.79 Å². The minimum Gasteiger partial charge on any atom is -0.396 e. The van der Waals surface area contributed by atoms with Crippen LogP contribution in [-0.4, -0.2) is 27.3 Å². The SMILES string of the molecule is CC(C)C(CCO)Nc1nccn(C(C)C)c1=O. The van der Waals surface area contributed by atoms with Crippen molar-refractivity contribution in [3.8, 4) is 0 Å². The number of rotatable bonds is 6. The Morgan fingerprint density at radius 2 is 2.06 bits per heavy atom. The smallest absolute Gasteiger partial charge is 0.293 e. The summed E-state index contributed by atoms with van der Waals surface area (Å²) in [6.07, 6.45) is 3.92. The monoisotopic (exact) mass is 253 g/mol. The summed E-state index contributed by atoms with van der Waals surface area (Å²) in [5, 5.41) is 12.2. The van der Waals surface area contributed by atoms with E-state index in [4.69, 9.17) is 5.11 Å². The molecule has 1 unspecified atom stereocenters. The maximum atomic E-state index is 12.1. The molecular formula is C13H23N3O2. The van der Waals surface area contributed by atoms with Gasteiger partial charge in [-0.15, -0.1) is 0 Å². The predicted molar refractivity (Wildman–Crippen MR) is 72.8 cm³/mol. The van der Waals surface area contributed by atoms with Crippen LogP contribution in [0.2, 0.25) is 0 Å². The number of aliphatic hydroxyl groups excluding tert-OH is 1. The Morgan fingerprint density at radius 3 is 2.56 bits per heavy atom. The molecule has 1 rings (SSSR count). The van der Waals surface area contributed by atoms with E-state index in [9.17, 15) is 4.79 Å². The fourth-order valence-electron chi connectivity index (χ4n) is 1.82. The highest BCUT2D eigenvalue weighted by molar-refractivity contribution is 5.32. The molecule has 102 valence electrons. The average Bonchev–Trinajstić information content (AvgIpc) is 2.30. The fraction of sp³-hybridized carbons (Fsp3) is 0.692. The van der Waals surface area contributed by atoms with Gasteiger partial charge >= 0.3 is 0 Å². The van der Waals surface area contributed by atoms with Gasteiger partial charge in [-0.05, 0) is 26.2 Å². The van der Waals surface area contributed by atoms with E-state index in [2.05, 4.69) is 24.1 Å². The van der Waals surface area contributed by atoms with Crippen LogP contribution < -0.4 is 10.9 Å². The summed E-state index contributed by atoms with van der Waals surface area (Å²) in [7, 11) is 0. The number of aromatic nitrogens is 2. The van der Waals surface area contributed by atoms with E-state index in [0.29, 0.717) is 18.2 Å². The molecule has 0 aliphatic rings. The quantitative estimate of drug-likeness (QED) is 0.809. The molecule has 0 bridgehead atoms. The molecule has 1 atom stereocenters. The number of hydrogen-bond acceptors (Lipinski definition) is 4. The molecule has 18 heavy (non-hydrogen) atoms. The second-order valence-corrected chi connectivity index (χ2v) is 5.09. The first-order chi connectivity index (χ1) is 8.47. The lowest BCUT2D eigenvalue weighted by molar-refractivity contribution is 0.267. The van der Waals surface area contributed by atoms with Crippen molar-refractivity contribution in [2.75, 3.05) is 11.9 Å². The summed E-state index contributed by atoms with van der Waals surface area (Å²) < 4.78 is 1.64. The maximum absolute atomic E-state index is 12.1. The summed E-state index contributed by atoms with van der Waals surface area (Å²) in [4.78, 5) is 16.2. The van der Waals surface area contributed by atoms with Crippen LogP contribution in [0, 0.1) is 5.92 Å². The number of aliphatic hydroxyl groups is 1. The molecule has 0 saturated carbocycles. The van der Waals surface area contributed by atoms with Crippen LogP contribution in [0.4, 0.5) is 5.82 Å². The van der Waals surface area contributed by atoms with Gasteiger partial charge in [0.1, 0.15) is 0 Å². The Bertz CT molecular complexity index is 426. The average molecular weight is 253 g/mol. The Morgan fingerprint density at radius 1 is 1.39 bits per heavy atom. The van der Waals surface area contributed by atoms with Gasteiger partial charge in [0.2, 0.25) is 0 Å². The third kappa shape index (κ3) is 3.57. The molecule has 0 aliphatic carbocycles. The second-order valence-electron chi connectivity index (χ2n) is 5.09. The lowest BCUT2D eigenvalue weighted by atomic mass is 10.0. The van der Waals surface area contributed by atoms with Crippen LogP contribution in [0.25, 0.3) is 0 Å². The van der Waals surface area contributed by atoms with Crippen LogP contribution in [0.1, 0.15) is 40.2 Å². The molecular weight excluding hydrogens is 230 g/mol. The highest BCUT2D eigenvalue weighted by atomic mass is 16.3. The van der Waals surface area contributed by atoms with Crippen LogP contribution in [0.5, 0.6) is 0 Å². The Kier molecular flexibility index (Phi) is 5.34. The Balaban J connectivity index is 2.96. The van der Waals surface area contributed by atoms with E-state index >= 15 is 0 Å². The van der Waals surface area contributed by atoms with Crippen LogP contribution in [-0.2, 0) is 0 Å². The summed E-state index contributed by atoms with van der Waals surface area (Å²) in [5.41, 5.74) is -0.115. The van der Waals surface area contributed by atoms with Crippen molar-refractivity contribution >= 4 is 5.82 Å². The molecule has 5 heteroatoms. The first-order valence-electron chi connectivity index (χ1n) is 6.42. The molecule has 2 N–H and O–H groups in total. The molecule has 1 aromatic heterocycles. The standard InChI is InChI=1S/C13H23N3O2/c1-9(2)11(5-8-17)15-12-13(18)16(10(3)4)7-6-14-12/h6-7,9-11,17H,5,8H2,1-4H3,(H,14,15). The van der Waals surface area contributed by atoms with Gasteiger partial charge in [-0.25, -0.2) is 4.98 Å². The zero-order chi connectivity index (χ0) is 13.7. The molecule has 0 amide bonds. The van der Waals surface area contributed by atoms with Gasteiger partial charge in [0, 0.05) is 31.1 Å². The van der Waals surface area contributed by atoms with Crippen molar-refractivity contribution in [1.29, 1.82) is 0 Å². The van der Waals surface area contributed by atoms with Gasteiger partial charge in [0.25, 0.3) is 5.56 Å². The molecule has 1 aromatic rings. The van der Waals surface area contributed by atoms with E-state index in [0.717, 1.165) is 0 Å². The number of nitrogens with one attached hydrogen (secondary N) is 1. The summed E-state index contributed by atoms with van der Waals surface area (Å²) in [6, 6.07) is 0.162. The van der Waals surface area contributed by atoms with Crippen molar-refractivity contribution < 1.29 is 5.11 Å². The molecule has 0 spiro atoms. The maximum Gasteiger partial charge on any atom is 0.293 e. The zero-order valence-corrected chi connectivity index (χ0v) is 11.6. The molecule has 0 aliphatic heterocycles. The van der Waals surface area contributed by atoms with Crippen molar-refractivity contribution in [2.45, 2.75) is 46.2 Å². The minimum atomic E-state index is -0.115. The molecule has 1 heterocycles. The largest absolute Gasteiger partial charge is 0.396 e. The molecule has 0 aromatic carbocycles. The zero-order valence-electron chi connectivity index (χ0n) is 11.6. The topological polar surface area (TPSA) is 67.2 Å². The minimum absolute atomic E-state index is 0.0539. The Labute approximate surface area is 108 Å². The van der Waals surface area contributed by atoms with Gasteiger partial charge in [-0.2, -0.15) is 0 Å². The van der Waals surface area contributed by atoms with Crippen molar-refractivity contribution in [3.05, 3.63) is 22.7 Å². The first-order valence-corrected chi connectivity index (χ1v) is 6.42. The number of nitrogens with zero attached hydrogens (tertiary/aromatic N) is 2. The van der Waals surface area contributed by atoms with E-state index in [1.54, 1.807) is 17.0 Å². The van der Waals surface area contributed by atoms with Gasteiger partial charge < -0.3 is 15.0 Å². The van der Waals surface area contributed by atoms with Gasteiger partial charge in [-0.1, -0.05) is 13.8 Å². The predicted octanol–water partition coefficient (Wildman–Crippen LogP) is 1.64. The third-order valence-electron chi connectivity index (χ3n) is 2.99. The van der Waals surface area contributed by atoms with E-state index < -0.39 is 0 Å². The van der Waals surface area contributed by atoms with E-state index in [1.165, 1.54) is 0 Å². The lowest BCUT2D eigenvalue weighted by Crippen LogP contribution is -2.33. The van der Waals surface area contributed by atoms with Crippen molar-refractivity contribution in [1.82, 2.24) is 9.55 Å². The summed E-state index contributed by atoms with van der Waals surface area (Å²) in [5.74, 6) is 0.685. The first kappa shape index (κ1) is 14.7. The fourth-order valence-corrected chi connectivity index (χ4v) is 1.82. The van der Waals surface area contributed by atoms with Crippen LogP contribution >= 0.6 is 0 Å². The van der Waals surface area contributed by atoms with Crippen LogP contribution in [0.3, 0.4) is 0 Å². The summed E-state index contributed by atoms with van der Waals surface area (Å²) >= 11 is 0. The normalized spacial score (nSPS) is 13.1. The number of hydrogen-bond donors (Lipinski definition) is 2. The Hall–Kier alpha value is -1.36. The highest BCUT2D eigenvalue weighted by Gasteiger charge is 2.16. The van der Waals surface area contributed by atoms with Crippen molar-refractivity contribution in [2.24, 2.45) is 5.92 Å². The molecule has 0 fully saturated rings. The van der Waals surface area contributed by atoms with Crippen LogP contribution in [0.15, 0.2) is 17.2 Å². The van der Waals surface area contributed by atoms with Gasteiger partial charge in [0.15, 0.2) is 5.82 Å².